The third-order valence-corrected chi connectivity index (χ3v) is 7.68. The highest BCUT2D eigenvalue weighted by molar-refractivity contribution is 7.97. The van der Waals surface area contributed by atoms with Crippen molar-refractivity contribution in [1.82, 2.24) is 9.29 Å². The van der Waals surface area contributed by atoms with E-state index in [0.29, 0.717) is 25.3 Å². The Hall–Kier alpha value is -1.79. The van der Waals surface area contributed by atoms with E-state index in [0.717, 1.165) is 22.6 Å². The SMILES string of the molecule is CC1(C)OB(c2ccc(SN3CCC(Nc4ccc(C(F)(F)F)cn4)C(O)C3)cc2)OC1(C)C. The van der Waals surface area contributed by atoms with Crippen LogP contribution in [-0.4, -0.2) is 58.0 Å². The number of anilines is 1. The van der Waals surface area contributed by atoms with Crippen LogP contribution in [0.5, 0.6) is 0 Å². The van der Waals surface area contributed by atoms with E-state index >= 15 is 0 Å². The van der Waals surface area contributed by atoms with Gasteiger partial charge in [0.1, 0.15) is 5.82 Å². The maximum atomic E-state index is 12.7. The third kappa shape index (κ3) is 5.54. The number of benzene rings is 1. The Morgan fingerprint density at radius 2 is 1.74 bits per heavy atom. The van der Waals surface area contributed by atoms with Crippen molar-refractivity contribution in [2.75, 3.05) is 18.4 Å². The number of β-amino-alcohol motifs (C(OH)–C–C–N with tert-alkyl or cyclic N) is 1. The Morgan fingerprint density at radius 3 is 2.26 bits per heavy atom. The highest BCUT2D eigenvalue weighted by Crippen LogP contribution is 2.37. The average Bonchev–Trinajstić information content (AvgIpc) is 2.97. The molecule has 2 atom stereocenters. The summed E-state index contributed by atoms with van der Waals surface area (Å²) in [4.78, 5) is 4.87. The molecule has 2 N–H and O–H groups in total. The first-order valence-corrected chi connectivity index (χ1v) is 12.0. The third-order valence-electron chi connectivity index (χ3n) is 6.61. The lowest BCUT2D eigenvalue weighted by molar-refractivity contribution is -0.137. The number of halogens is 3. The monoisotopic (exact) mass is 495 g/mol. The number of alkyl halides is 3. The minimum absolute atomic E-state index is 0.285. The number of pyridine rings is 1. The maximum Gasteiger partial charge on any atom is 0.494 e. The van der Waals surface area contributed by atoms with Gasteiger partial charge in [-0.05, 0) is 75.8 Å². The van der Waals surface area contributed by atoms with Gasteiger partial charge in [0.25, 0.3) is 0 Å². The molecule has 11 heteroatoms. The Bertz CT molecular complexity index is 974. The molecule has 4 rings (SSSR count). The molecule has 0 spiro atoms. The lowest BCUT2D eigenvalue weighted by Crippen LogP contribution is -2.47. The smallest absolute Gasteiger partial charge is 0.399 e. The van der Waals surface area contributed by atoms with Crippen LogP contribution in [0.25, 0.3) is 0 Å². The molecule has 0 amide bonds. The summed E-state index contributed by atoms with van der Waals surface area (Å²) >= 11 is 1.56. The Balaban J connectivity index is 1.29. The van der Waals surface area contributed by atoms with Crippen LogP contribution in [0.3, 0.4) is 0 Å². The fourth-order valence-electron chi connectivity index (χ4n) is 3.80. The van der Waals surface area contributed by atoms with E-state index in [4.69, 9.17) is 9.31 Å². The van der Waals surface area contributed by atoms with Crippen molar-refractivity contribution in [1.29, 1.82) is 0 Å². The molecular weight excluding hydrogens is 466 g/mol. The zero-order valence-corrected chi connectivity index (χ0v) is 20.4. The molecule has 2 aliphatic rings. The molecule has 184 valence electrons. The topological polar surface area (TPSA) is 66.9 Å². The molecule has 3 heterocycles. The maximum absolute atomic E-state index is 12.7. The Kier molecular flexibility index (Phi) is 6.96. The number of hydrogen-bond donors (Lipinski definition) is 2. The predicted molar refractivity (Wildman–Crippen MR) is 127 cm³/mol. The fraction of sp³-hybridized carbons (Fsp3) is 0.522. The standard InChI is InChI=1S/C23H29BF3N3O3S/c1-21(2)22(3,4)33-24(32-21)16-6-8-17(9-7-16)34-30-12-11-18(19(31)14-30)29-20-10-5-15(13-28-20)23(25,26)27/h5-10,13,18-19,31H,11-12,14H2,1-4H3,(H,28,29). The van der Waals surface area contributed by atoms with Crippen LogP contribution in [0.2, 0.25) is 0 Å². The van der Waals surface area contributed by atoms with Gasteiger partial charge in [-0.15, -0.1) is 0 Å². The van der Waals surface area contributed by atoms with Gasteiger partial charge in [-0.1, -0.05) is 12.1 Å². The summed E-state index contributed by atoms with van der Waals surface area (Å²) in [6.07, 6.45) is -3.68. The summed E-state index contributed by atoms with van der Waals surface area (Å²) < 4.78 is 52.4. The molecule has 2 unspecified atom stereocenters. The second-order valence-corrected chi connectivity index (χ2v) is 10.8. The minimum atomic E-state index is -4.42. The van der Waals surface area contributed by atoms with Crippen LogP contribution < -0.4 is 10.8 Å². The highest BCUT2D eigenvalue weighted by atomic mass is 32.2. The lowest BCUT2D eigenvalue weighted by atomic mass is 9.79. The summed E-state index contributed by atoms with van der Waals surface area (Å²) in [6, 6.07) is 9.99. The van der Waals surface area contributed by atoms with Crippen LogP contribution in [0.1, 0.15) is 39.7 Å². The molecule has 0 bridgehead atoms. The van der Waals surface area contributed by atoms with Crippen LogP contribution in [0, 0.1) is 0 Å². The summed E-state index contributed by atoms with van der Waals surface area (Å²) in [5, 5.41) is 13.6. The molecule has 6 nitrogen and oxygen atoms in total. The summed E-state index contributed by atoms with van der Waals surface area (Å²) in [7, 11) is -0.411. The van der Waals surface area contributed by atoms with Crippen LogP contribution in [-0.2, 0) is 15.5 Å². The number of aliphatic hydroxyl groups is 1. The molecule has 34 heavy (non-hydrogen) atoms. The van der Waals surface area contributed by atoms with Crippen molar-refractivity contribution >= 4 is 30.3 Å². The number of aliphatic hydroxyl groups excluding tert-OH is 1. The van der Waals surface area contributed by atoms with Crippen molar-refractivity contribution in [2.24, 2.45) is 0 Å². The van der Waals surface area contributed by atoms with Gasteiger partial charge in [0, 0.05) is 24.2 Å². The quantitative estimate of drug-likeness (QED) is 0.481. The van der Waals surface area contributed by atoms with Crippen LogP contribution in [0.4, 0.5) is 19.0 Å². The minimum Gasteiger partial charge on any atom is -0.399 e. The van der Waals surface area contributed by atoms with Gasteiger partial charge >= 0.3 is 13.3 Å². The summed E-state index contributed by atoms with van der Waals surface area (Å²) in [5.41, 5.74) is -0.630. The van der Waals surface area contributed by atoms with Crippen molar-refractivity contribution < 1.29 is 27.6 Å². The second kappa shape index (κ2) is 9.35. The summed E-state index contributed by atoms with van der Waals surface area (Å²) in [6.45, 7) is 9.22. The van der Waals surface area contributed by atoms with E-state index in [2.05, 4.69) is 14.6 Å². The zero-order chi connectivity index (χ0) is 24.7. The molecule has 1 aromatic heterocycles. The number of nitrogens with zero attached hydrogens (tertiary/aromatic N) is 2. The van der Waals surface area contributed by atoms with Crippen molar-refractivity contribution in [3.8, 4) is 0 Å². The number of piperidine rings is 1. The van der Waals surface area contributed by atoms with Crippen molar-refractivity contribution in [3.63, 3.8) is 0 Å². The van der Waals surface area contributed by atoms with Gasteiger partial charge in [0.05, 0.1) is 28.9 Å². The highest BCUT2D eigenvalue weighted by Gasteiger charge is 2.51. The molecule has 0 radical (unpaired) electrons. The molecule has 0 saturated carbocycles. The molecule has 2 saturated heterocycles. The first-order valence-electron chi connectivity index (χ1n) is 11.2. The molecular formula is C23H29BF3N3O3S. The van der Waals surface area contributed by atoms with Gasteiger partial charge in [-0.25, -0.2) is 9.29 Å². The number of aromatic nitrogens is 1. The number of nitrogens with one attached hydrogen (secondary N) is 1. The van der Waals surface area contributed by atoms with E-state index in [9.17, 15) is 18.3 Å². The van der Waals surface area contributed by atoms with Gasteiger partial charge in [0.15, 0.2) is 0 Å². The van der Waals surface area contributed by atoms with Gasteiger partial charge in [-0.3, -0.25) is 0 Å². The molecule has 1 aromatic carbocycles. The Morgan fingerprint density at radius 1 is 1.09 bits per heavy atom. The van der Waals surface area contributed by atoms with E-state index in [1.54, 1.807) is 11.9 Å². The average molecular weight is 495 g/mol. The normalized spacial score (nSPS) is 24.9. The first kappa shape index (κ1) is 25.3. The lowest BCUT2D eigenvalue weighted by Gasteiger charge is -2.35. The van der Waals surface area contributed by atoms with Crippen molar-refractivity contribution in [2.45, 2.75) is 68.5 Å². The molecule has 2 aliphatic heterocycles. The zero-order valence-electron chi connectivity index (χ0n) is 19.6. The Labute approximate surface area is 202 Å². The fourth-order valence-corrected chi connectivity index (χ4v) is 4.78. The number of hydrogen-bond acceptors (Lipinski definition) is 7. The van der Waals surface area contributed by atoms with Crippen molar-refractivity contribution in [3.05, 3.63) is 48.2 Å². The molecule has 0 aliphatic carbocycles. The molecule has 2 aromatic rings. The summed E-state index contributed by atoms with van der Waals surface area (Å²) in [5.74, 6) is 0.316. The largest absolute Gasteiger partial charge is 0.494 e. The first-order chi connectivity index (χ1) is 15.8. The van der Waals surface area contributed by atoms with Crippen LogP contribution >= 0.6 is 11.9 Å². The van der Waals surface area contributed by atoms with E-state index in [1.165, 1.54) is 6.07 Å². The van der Waals surface area contributed by atoms with Gasteiger partial charge in [0.2, 0.25) is 0 Å². The molecule has 2 fully saturated rings. The van der Waals surface area contributed by atoms with Crippen LogP contribution in [0.15, 0.2) is 47.5 Å². The van der Waals surface area contributed by atoms with E-state index in [1.807, 2.05) is 52.0 Å². The number of rotatable bonds is 5. The second-order valence-electron chi connectivity index (χ2n) is 9.67. The predicted octanol–water partition coefficient (Wildman–Crippen LogP) is 3.95. The van der Waals surface area contributed by atoms with Gasteiger partial charge in [-0.2, -0.15) is 13.2 Å². The van der Waals surface area contributed by atoms with E-state index in [-0.39, 0.29) is 6.04 Å². The van der Waals surface area contributed by atoms with Gasteiger partial charge < -0.3 is 19.7 Å². The van der Waals surface area contributed by atoms with E-state index < -0.39 is 36.2 Å².